The Balaban J connectivity index is 1.32. The smallest absolute Gasteiger partial charge is 0.270 e. The Bertz CT molecular complexity index is 1510. The molecule has 5 rings (SSSR count). The van der Waals surface area contributed by atoms with Crippen LogP contribution in [0.5, 0.6) is 5.75 Å². The molecule has 0 aliphatic carbocycles. The predicted octanol–water partition coefficient (Wildman–Crippen LogP) is 7.31. The number of halogens is 2. The second-order valence-electron chi connectivity index (χ2n) is 9.03. The quantitative estimate of drug-likeness (QED) is 0.144. The second-order valence-corrected chi connectivity index (χ2v) is 10.9. The Morgan fingerprint density at radius 1 is 1.10 bits per heavy atom. The van der Waals surface area contributed by atoms with Gasteiger partial charge in [0.05, 0.1) is 5.71 Å². The summed E-state index contributed by atoms with van der Waals surface area (Å²) < 4.78 is 7.82. The largest absolute Gasteiger partial charge is 0.485 e. The molecule has 0 bridgehead atoms. The topological polar surface area (TPSA) is 90.6 Å². The molecule has 4 aromatic rings. The summed E-state index contributed by atoms with van der Waals surface area (Å²) in [5.74, 6) is 1.67. The first-order chi connectivity index (χ1) is 19.5. The van der Waals surface area contributed by atoms with Gasteiger partial charge in [0.25, 0.3) is 5.91 Å². The van der Waals surface area contributed by atoms with Gasteiger partial charge >= 0.3 is 0 Å². The van der Waals surface area contributed by atoms with Gasteiger partial charge in [-0.05, 0) is 42.8 Å². The molecular formula is C29H27Cl2N5O3S. The van der Waals surface area contributed by atoms with Crippen LogP contribution in [0, 0.1) is 0 Å². The lowest BCUT2D eigenvalue weighted by Gasteiger charge is -2.14. The number of hydrogen-bond acceptors (Lipinski definition) is 7. The molecule has 0 saturated heterocycles. The SMILES string of the molecule is CCCCSc1nnc(COc2ccccc2C2=NOC(c3ccc(Cl)cc3Cl)C2)n1NC(=O)c1ccccc1. The van der Waals surface area contributed by atoms with Crippen LogP contribution in [0.1, 0.15) is 59.6 Å². The fourth-order valence-electron chi connectivity index (χ4n) is 4.10. The lowest BCUT2D eigenvalue weighted by molar-refractivity contribution is 0.0858. The van der Waals surface area contributed by atoms with Crippen LogP contribution in [-0.4, -0.2) is 32.2 Å². The molecule has 8 nitrogen and oxygen atoms in total. The third-order valence-corrected chi connectivity index (χ3v) is 7.79. The monoisotopic (exact) mass is 595 g/mol. The predicted molar refractivity (Wildman–Crippen MR) is 158 cm³/mol. The number of nitrogens with one attached hydrogen (secondary N) is 1. The highest BCUT2D eigenvalue weighted by Crippen LogP contribution is 2.36. The number of hydrogen-bond donors (Lipinski definition) is 1. The zero-order valence-corrected chi connectivity index (χ0v) is 24.0. The summed E-state index contributed by atoms with van der Waals surface area (Å²) in [4.78, 5) is 18.7. The highest BCUT2D eigenvalue weighted by Gasteiger charge is 2.27. The number of para-hydroxylation sites is 1. The zero-order chi connectivity index (χ0) is 27.9. The summed E-state index contributed by atoms with van der Waals surface area (Å²) in [5, 5.41) is 14.7. The van der Waals surface area contributed by atoms with Gasteiger partial charge in [-0.3, -0.25) is 10.2 Å². The third kappa shape index (κ3) is 6.60. The number of oxime groups is 1. The number of nitrogens with zero attached hydrogens (tertiary/aromatic N) is 4. The Morgan fingerprint density at radius 2 is 1.90 bits per heavy atom. The molecule has 1 aromatic heterocycles. The normalized spacial score (nSPS) is 14.5. The maximum absolute atomic E-state index is 13.0. The van der Waals surface area contributed by atoms with Gasteiger partial charge in [-0.1, -0.05) is 89.9 Å². The van der Waals surface area contributed by atoms with Gasteiger partial charge in [0, 0.05) is 38.9 Å². The molecule has 0 spiro atoms. The van der Waals surface area contributed by atoms with Gasteiger partial charge in [0.2, 0.25) is 5.16 Å². The number of amides is 1. The first kappa shape index (κ1) is 28.0. The molecule has 0 radical (unpaired) electrons. The molecular weight excluding hydrogens is 569 g/mol. The molecule has 1 amide bonds. The van der Waals surface area contributed by atoms with E-state index in [-0.39, 0.29) is 18.6 Å². The molecule has 3 aromatic carbocycles. The molecule has 1 aliphatic heterocycles. The lowest BCUT2D eigenvalue weighted by atomic mass is 9.99. The summed E-state index contributed by atoms with van der Waals surface area (Å²) in [7, 11) is 0. The summed E-state index contributed by atoms with van der Waals surface area (Å²) in [6.07, 6.45) is 2.27. The number of ether oxygens (including phenoxy) is 1. The van der Waals surface area contributed by atoms with Crippen LogP contribution < -0.4 is 10.2 Å². The van der Waals surface area contributed by atoms with E-state index in [0.29, 0.717) is 38.8 Å². The van der Waals surface area contributed by atoms with Crippen molar-refractivity contribution < 1.29 is 14.4 Å². The molecule has 2 heterocycles. The first-order valence-corrected chi connectivity index (χ1v) is 14.6. The number of carbonyl (C=O) groups is 1. The van der Waals surface area contributed by atoms with E-state index in [0.717, 1.165) is 35.4 Å². The summed E-state index contributed by atoms with van der Waals surface area (Å²) >= 11 is 14.0. The van der Waals surface area contributed by atoms with Gasteiger partial charge in [-0.2, -0.15) is 0 Å². The van der Waals surface area contributed by atoms with E-state index < -0.39 is 0 Å². The molecule has 206 valence electrons. The minimum atomic E-state index is -0.327. The van der Waals surface area contributed by atoms with Crippen LogP contribution >= 0.6 is 35.0 Å². The fourth-order valence-corrected chi connectivity index (χ4v) is 5.63. The molecule has 0 fully saturated rings. The second kappa shape index (κ2) is 13.2. The standard InChI is InChI=1S/C29H27Cl2N5O3S/c1-2-3-15-40-29-33-32-27(36(29)34-28(37)19-9-5-4-6-10-19)18-38-25-12-8-7-11-22(25)24-17-26(39-35-24)21-14-13-20(30)16-23(21)31/h4-14,16,26H,2-3,15,17-18H2,1H3,(H,34,37). The number of thioether (sulfide) groups is 1. The average molecular weight is 597 g/mol. The van der Waals surface area contributed by atoms with Crippen molar-refractivity contribution in [3.63, 3.8) is 0 Å². The van der Waals surface area contributed by atoms with Gasteiger partial charge in [0.1, 0.15) is 12.4 Å². The molecule has 1 aliphatic rings. The van der Waals surface area contributed by atoms with Crippen molar-refractivity contribution in [1.29, 1.82) is 0 Å². The van der Waals surface area contributed by atoms with Crippen molar-refractivity contribution in [2.75, 3.05) is 11.2 Å². The first-order valence-electron chi connectivity index (χ1n) is 12.9. The minimum Gasteiger partial charge on any atom is -0.485 e. The zero-order valence-electron chi connectivity index (χ0n) is 21.7. The van der Waals surface area contributed by atoms with E-state index in [9.17, 15) is 4.79 Å². The number of aromatic nitrogens is 3. The van der Waals surface area contributed by atoms with Crippen molar-refractivity contribution in [2.45, 2.75) is 44.1 Å². The maximum atomic E-state index is 13.0. The Kier molecular flexibility index (Phi) is 9.26. The maximum Gasteiger partial charge on any atom is 0.270 e. The fraction of sp³-hybridized carbons (Fsp3) is 0.241. The van der Waals surface area contributed by atoms with E-state index >= 15 is 0 Å². The number of unbranched alkanes of at least 4 members (excludes halogenated alkanes) is 1. The Morgan fingerprint density at radius 3 is 2.70 bits per heavy atom. The third-order valence-electron chi connectivity index (χ3n) is 6.21. The van der Waals surface area contributed by atoms with Crippen LogP contribution in [0.4, 0.5) is 0 Å². The summed E-state index contributed by atoms with van der Waals surface area (Å²) in [5.41, 5.74) is 5.82. The van der Waals surface area contributed by atoms with Crippen molar-refractivity contribution in [3.05, 3.63) is 105 Å². The lowest BCUT2D eigenvalue weighted by Crippen LogP contribution is -2.26. The van der Waals surface area contributed by atoms with Crippen LogP contribution in [0.25, 0.3) is 0 Å². The van der Waals surface area contributed by atoms with E-state index in [4.69, 9.17) is 32.8 Å². The van der Waals surface area contributed by atoms with Crippen LogP contribution in [0.3, 0.4) is 0 Å². The highest BCUT2D eigenvalue weighted by atomic mass is 35.5. The summed E-state index contributed by atoms with van der Waals surface area (Å²) in [6.45, 7) is 2.21. The van der Waals surface area contributed by atoms with Gasteiger partial charge in [-0.25, -0.2) is 4.68 Å². The van der Waals surface area contributed by atoms with E-state index in [1.165, 1.54) is 11.8 Å². The molecule has 11 heteroatoms. The number of carbonyl (C=O) groups excluding carboxylic acids is 1. The molecule has 40 heavy (non-hydrogen) atoms. The van der Waals surface area contributed by atoms with Crippen molar-refractivity contribution in [1.82, 2.24) is 14.9 Å². The molecule has 1 unspecified atom stereocenters. The Labute approximate surface area is 246 Å². The molecule has 1 N–H and O–H groups in total. The summed E-state index contributed by atoms with van der Waals surface area (Å²) in [6, 6.07) is 21.9. The van der Waals surface area contributed by atoms with Gasteiger partial charge in [-0.15, -0.1) is 10.2 Å². The molecule has 1 atom stereocenters. The highest BCUT2D eigenvalue weighted by molar-refractivity contribution is 7.99. The van der Waals surface area contributed by atoms with Crippen LogP contribution in [0.15, 0.2) is 83.1 Å². The van der Waals surface area contributed by atoms with Gasteiger partial charge in [0.15, 0.2) is 11.9 Å². The van der Waals surface area contributed by atoms with Crippen molar-refractivity contribution >= 4 is 46.6 Å². The Hall–Kier alpha value is -3.53. The molecule has 0 saturated carbocycles. The van der Waals surface area contributed by atoms with Crippen LogP contribution in [0.2, 0.25) is 10.0 Å². The minimum absolute atomic E-state index is 0.0774. The average Bonchev–Trinajstić information content (AvgIpc) is 3.60. The number of rotatable bonds is 11. The number of benzene rings is 3. The van der Waals surface area contributed by atoms with E-state index in [1.807, 2.05) is 48.5 Å². The van der Waals surface area contributed by atoms with E-state index in [1.54, 1.807) is 28.9 Å². The van der Waals surface area contributed by atoms with E-state index in [2.05, 4.69) is 27.7 Å². The van der Waals surface area contributed by atoms with Crippen LogP contribution in [-0.2, 0) is 11.4 Å². The van der Waals surface area contributed by atoms with Crippen molar-refractivity contribution in [2.24, 2.45) is 5.16 Å². The van der Waals surface area contributed by atoms with Crippen molar-refractivity contribution in [3.8, 4) is 5.75 Å². The van der Waals surface area contributed by atoms with Gasteiger partial charge < -0.3 is 9.57 Å².